The lowest BCUT2D eigenvalue weighted by molar-refractivity contribution is 0.167. The number of hydrogen-bond acceptors (Lipinski definition) is 4. The Morgan fingerprint density at radius 1 is 1.47 bits per heavy atom. The second kappa shape index (κ2) is 5.45. The minimum atomic E-state index is 0.623. The Morgan fingerprint density at radius 2 is 2.37 bits per heavy atom. The molecule has 19 heavy (non-hydrogen) atoms. The Labute approximate surface area is 118 Å². The molecule has 1 fully saturated rings. The van der Waals surface area contributed by atoms with E-state index < -0.39 is 0 Å². The van der Waals surface area contributed by atoms with Crippen LogP contribution in [-0.2, 0) is 13.6 Å². The van der Waals surface area contributed by atoms with Crippen molar-refractivity contribution >= 4 is 11.3 Å². The third kappa shape index (κ3) is 2.88. The van der Waals surface area contributed by atoms with Gasteiger partial charge < -0.3 is 5.32 Å². The zero-order valence-electron chi connectivity index (χ0n) is 11.5. The summed E-state index contributed by atoms with van der Waals surface area (Å²) in [4.78, 5) is 5.30. The summed E-state index contributed by atoms with van der Waals surface area (Å²) in [7, 11) is 1.96. The van der Waals surface area contributed by atoms with Gasteiger partial charge in [0.15, 0.2) is 0 Å². The van der Waals surface area contributed by atoms with E-state index in [1.807, 2.05) is 29.3 Å². The lowest BCUT2D eigenvalue weighted by Crippen LogP contribution is -2.49. The van der Waals surface area contributed by atoms with Crippen LogP contribution in [0.5, 0.6) is 0 Å². The zero-order valence-corrected chi connectivity index (χ0v) is 12.3. The number of aromatic nitrogens is 2. The molecule has 1 aliphatic rings. The first kappa shape index (κ1) is 12.8. The molecule has 5 heteroatoms. The molecule has 0 unspecified atom stereocenters. The molecule has 0 aliphatic carbocycles. The van der Waals surface area contributed by atoms with E-state index in [0.29, 0.717) is 6.04 Å². The van der Waals surface area contributed by atoms with Gasteiger partial charge in [-0.1, -0.05) is 0 Å². The Morgan fingerprint density at radius 3 is 3.11 bits per heavy atom. The molecule has 0 spiro atoms. The Kier molecular flexibility index (Phi) is 3.68. The van der Waals surface area contributed by atoms with Gasteiger partial charge in [0, 0.05) is 60.8 Å². The monoisotopic (exact) mass is 276 g/mol. The van der Waals surface area contributed by atoms with Crippen molar-refractivity contribution in [3.8, 4) is 10.4 Å². The Bertz CT molecular complexity index is 545. The van der Waals surface area contributed by atoms with Gasteiger partial charge in [0.1, 0.15) is 0 Å². The Balaban J connectivity index is 1.71. The van der Waals surface area contributed by atoms with Gasteiger partial charge in [0.05, 0.1) is 6.20 Å². The summed E-state index contributed by atoms with van der Waals surface area (Å²) in [6.07, 6.45) is 4.01. The fourth-order valence-corrected chi connectivity index (χ4v) is 3.49. The van der Waals surface area contributed by atoms with Crippen molar-refractivity contribution in [2.45, 2.75) is 19.5 Å². The molecule has 3 rings (SSSR count). The van der Waals surface area contributed by atoms with E-state index in [2.05, 4.69) is 40.6 Å². The van der Waals surface area contributed by atoms with E-state index in [1.165, 1.54) is 15.3 Å². The molecule has 2 aromatic rings. The van der Waals surface area contributed by atoms with Gasteiger partial charge in [-0.15, -0.1) is 11.3 Å². The molecular formula is C14H20N4S. The normalized spacial score (nSPS) is 20.8. The van der Waals surface area contributed by atoms with E-state index in [9.17, 15) is 0 Å². The van der Waals surface area contributed by atoms with Gasteiger partial charge in [0.2, 0.25) is 0 Å². The minimum absolute atomic E-state index is 0.623. The molecule has 1 N–H and O–H groups in total. The highest BCUT2D eigenvalue weighted by molar-refractivity contribution is 7.15. The first-order chi connectivity index (χ1) is 9.22. The van der Waals surface area contributed by atoms with Crippen molar-refractivity contribution in [1.82, 2.24) is 20.0 Å². The third-order valence-electron chi connectivity index (χ3n) is 3.65. The number of thiophene rings is 1. The van der Waals surface area contributed by atoms with E-state index in [1.54, 1.807) is 0 Å². The summed E-state index contributed by atoms with van der Waals surface area (Å²) in [5, 5.41) is 7.67. The lowest BCUT2D eigenvalue weighted by atomic mass is 10.2. The molecule has 0 aromatic carbocycles. The minimum Gasteiger partial charge on any atom is -0.314 e. The number of piperazine rings is 1. The molecule has 3 heterocycles. The molecule has 0 amide bonds. The van der Waals surface area contributed by atoms with E-state index >= 15 is 0 Å². The highest BCUT2D eigenvalue weighted by Crippen LogP contribution is 2.28. The van der Waals surface area contributed by atoms with Crippen molar-refractivity contribution in [1.29, 1.82) is 0 Å². The predicted molar refractivity (Wildman–Crippen MR) is 79.3 cm³/mol. The number of nitrogens with zero attached hydrogens (tertiary/aromatic N) is 3. The van der Waals surface area contributed by atoms with Crippen LogP contribution in [0.3, 0.4) is 0 Å². The lowest BCUT2D eigenvalue weighted by Gasteiger charge is -2.33. The average molecular weight is 276 g/mol. The molecule has 1 atom stereocenters. The van der Waals surface area contributed by atoms with Gasteiger partial charge in [0.25, 0.3) is 0 Å². The fraction of sp³-hybridized carbons (Fsp3) is 0.500. The summed E-state index contributed by atoms with van der Waals surface area (Å²) < 4.78 is 1.85. The van der Waals surface area contributed by atoms with Gasteiger partial charge in [-0.05, 0) is 19.1 Å². The molecule has 4 nitrogen and oxygen atoms in total. The van der Waals surface area contributed by atoms with Crippen LogP contribution in [-0.4, -0.2) is 40.4 Å². The smallest absolute Gasteiger partial charge is 0.0576 e. The molecule has 1 saturated heterocycles. The highest BCUT2D eigenvalue weighted by atomic mass is 32.1. The summed E-state index contributed by atoms with van der Waals surface area (Å²) in [6, 6.07) is 5.09. The second-order valence-corrected chi connectivity index (χ2v) is 6.36. The zero-order chi connectivity index (χ0) is 13.2. The summed E-state index contributed by atoms with van der Waals surface area (Å²) in [6.45, 7) is 6.70. The van der Waals surface area contributed by atoms with Gasteiger partial charge in [-0.25, -0.2) is 0 Å². The molecule has 1 aliphatic heterocycles. The number of rotatable bonds is 3. The SMILES string of the molecule is C[C@H]1CNCCN1Cc1ccc(-c2cnn(C)c2)s1. The van der Waals surface area contributed by atoms with E-state index in [4.69, 9.17) is 0 Å². The van der Waals surface area contributed by atoms with Gasteiger partial charge >= 0.3 is 0 Å². The maximum absolute atomic E-state index is 4.23. The molecule has 102 valence electrons. The fourth-order valence-electron chi connectivity index (χ4n) is 2.48. The van der Waals surface area contributed by atoms with Crippen molar-refractivity contribution in [2.75, 3.05) is 19.6 Å². The number of hydrogen-bond donors (Lipinski definition) is 1. The van der Waals surface area contributed by atoms with Gasteiger partial charge in [-0.3, -0.25) is 9.58 Å². The predicted octanol–water partition coefficient (Wildman–Crippen LogP) is 1.94. The average Bonchev–Trinajstić information content (AvgIpc) is 3.01. The maximum atomic E-state index is 4.23. The molecular weight excluding hydrogens is 256 g/mol. The highest BCUT2D eigenvalue weighted by Gasteiger charge is 2.18. The van der Waals surface area contributed by atoms with Crippen LogP contribution in [0.25, 0.3) is 10.4 Å². The van der Waals surface area contributed by atoms with Crippen molar-refractivity contribution in [2.24, 2.45) is 7.05 Å². The largest absolute Gasteiger partial charge is 0.314 e. The van der Waals surface area contributed by atoms with Gasteiger partial charge in [-0.2, -0.15) is 5.10 Å². The van der Waals surface area contributed by atoms with Crippen LogP contribution in [0.1, 0.15) is 11.8 Å². The number of nitrogens with one attached hydrogen (secondary N) is 1. The van der Waals surface area contributed by atoms with Crippen LogP contribution in [0.4, 0.5) is 0 Å². The second-order valence-electron chi connectivity index (χ2n) is 5.19. The Hall–Kier alpha value is -1.17. The summed E-state index contributed by atoms with van der Waals surface area (Å²) >= 11 is 1.88. The van der Waals surface area contributed by atoms with E-state index in [0.717, 1.165) is 26.2 Å². The van der Waals surface area contributed by atoms with Crippen molar-refractivity contribution in [3.05, 3.63) is 29.4 Å². The van der Waals surface area contributed by atoms with Crippen LogP contribution < -0.4 is 5.32 Å². The summed E-state index contributed by atoms with van der Waals surface area (Å²) in [5.41, 5.74) is 1.21. The van der Waals surface area contributed by atoms with E-state index in [-0.39, 0.29) is 0 Å². The molecule has 2 aromatic heterocycles. The number of aryl methyl sites for hydroxylation is 1. The first-order valence-corrected chi connectivity index (χ1v) is 7.56. The molecule has 0 radical (unpaired) electrons. The first-order valence-electron chi connectivity index (χ1n) is 6.75. The van der Waals surface area contributed by atoms with Crippen molar-refractivity contribution < 1.29 is 0 Å². The quantitative estimate of drug-likeness (QED) is 0.930. The van der Waals surface area contributed by atoms with Crippen molar-refractivity contribution in [3.63, 3.8) is 0 Å². The topological polar surface area (TPSA) is 33.1 Å². The van der Waals surface area contributed by atoms with Crippen LogP contribution in [0, 0.1) is 0 Å². The van der Waals surface area contributed by atoms with Crippen LogP contribution in [0.15, 0.2) is 24.5 Å². The van der Waals surface area contributed by atoms with Crippen LogP contribution >= 0.6 is 11.3 Å². The molecule has 0 saturated carbocycles. The molecule has 0 bridgehead atoms. The maximum Gasteiger partial charge on any atom is 0.0576 e. The third-order valence-corrected chi connectivity index (χ3v) is 4.77. The standard InChI is InChI=1S/C14H20N4S/c1-11-7-15-5-6-18(11)10-13-3-4-14(19-13)12-8-16-17(2)9-12/h3-4,8-9,11,15H,5-7,10H2,1-2H3/t11-/m0/s1. The summed E-state index contributed by atoms with van der Waals surface area (Å²) in [5.74, 6) is 0. The van der Waals surface area contributed by atoms with Crippen LogP contribution in [0.2, 0.25) is 0 Å².